The van der Waals surface area contributed by atoms with Crippen molar-refractivity contribution in [3.05, 3.63) is 18.2 Å². The Morgan fingerprint density at radius 1 is 1.24 bits per heavy atom. The van der Waals surface area contributed by atoms with Gasteiger partial charge in [-0.3, -0.25) is 9.59 Å². The summed E-state index contributed by atoms with van der Waals surface area (Å²) in [5.74, 6) is 1.16. The van der Waals surface area contributed by atoms with Crippen molar-refractivity contribution in [2.45, 2.75) is 25.8 Å². The summed E-state index contributed by atoms with van der Waals surface area (Å²) in [6.07, 6.45) is 0.877. The van der Waals surface area contributed by atoms with E-state index in [4.69, 9.17) is 9.47 Å². The summed E-state index contributed by atoms with van der Waals surface area (Å²) in [5.41, 5.74) is 0.735. The SMILES string of the molecule is CCC1NC(=O)CCN(c2ccc3c(c2)OCCO3)C1=O. The van der Waals surface area contributed by atoms with Crippen molar-refractivity contribution in [1.82, 2.24) is 5.32 Å². The van der Waals surface area contributed by atoms with E-state index in [0.717, 1.165) is 5.69 Å². The Morgan fingerprint density at radius 3 is 2.76 bits per heavy atom. The predicted molar refractivity (Wildman–Crippen MR) is 76.6 cm³/mol. The van der Waals surface area contributed by atoms with E-state index in [1.54, 1.807) is 17.0 Å². The Morgan fingerprint density at radius 2 is 2.00 bits per heavy atom. The molecule has 2 heterocycles. The molecule has 1 aromatic rings. The monoisotopic (exact) mass is 290 g/mol. The predicted octanol–water partition coefficient (Wildman–Crippen LogP) is 1.09. The number of amides is 2. The second-order valence-corrected chi connectivity index (χ2v) is 5.10. The summed E-state index contributed by atoms with van der Waals surface area (Å²) in [4.78, 5) is 25.8. The van der Waals surface area contributed by atoms with Crippen molar-refractivity contribution in [3.8, 4) is 11.5 Å². The number of hydrogen-bond donors (Lipinski definition) is 1. The molecule has 21 heavy (non-hydrogen) atoms. The summed E-state index contributed by atoms with van der Waals surface area (Å²) in [5, 5.41) is 2.75. The highest BCUT2D eigenvalue weighted by Crippen LogP contribution is 2.34. The summed E-state index contributed by atoms with van der Waals surface area (Å²) in [7, 11) is 0. The normalized spacial score (nSPS) is 21.8. The lowest BCUT2D eigenvalue weighted by molar-refractivity contribution is -0.125. The second kappa shape index (κ2) is 5.63. The molecule has 6 nitrogen and oxygen atoms in total. The van der Waals surface area contributed by atoms with Gasteiger partial charge in [0.2, 0.25) is 11.8 Å². The van der Waals surface area contributed by atoms with E-state index in [1.165, 1.54) is 0 Å². The molecular formula is C15H18N2O4. The van der Waals surface area contributed by atoms with Gasteiger partial charge in [-0.25, -0.2) is 0 Å². The fraction of sp³-hybridized carbons (Fsp3) is 0.467. The van der Waals surface area contributed by atoms with Crippen LogP contribution < -0.4 is 19.7 Å². The van der Waals surface area contributed by atoms with Gasteiger partial charge in [0.25, 0.3) is 0 Å². The molecular weight excluding hydrogens is 272 g/mol. The molecule has 0 bridgehead atoms. The third kappa shape index (κ3) is 2.66. The number of nitrogens with zero attached hydrogens (tertiary/aromatic N) is 1. The van der Waals surface area contributed by atoms with Crippen molar-refractivity contribution < 1.29 is 19.1 Å². The van der Waals surface area contributed by atoms with Gasteiger partial charge < -0.3 is 19.7 Å². The molecule has 6 heteroatoms. The van der Waals surface area contributed by atoms with Gasteiger partial charge in [0, 0.05) is 24.7 Å². The van der Waals surface area contributed by atoms with Crippen LogP contribution in [0.2, 0.25) is 0 Å². The number of rotatable bonds is 2. The van der Waals surface area contributed by atoms with E-state index in [1.807, 2.05) is 13.0 Å². The number of ether oxygens (including phenoxy) is 2. The zero-order chi connectivity index (χ0) is 14.8. The summed E-state index contributed by atoms with van der Waals surface area (Å²) in [6.45, 7) is 3.30. The minimum Gasteiger partial charge on any atom is -0.486 e. The number of fused-ring (bicyclic) bond motifs is 1. The molecule has 0 radical (unpaired) electrons. The summed E-state index contributed by atoms with van der Waals surface area (Å²) in [6, 6.07) is 4.97. The lowest BCUT2D eigenvalue weighted by Gasteiger charge is -2.25. The Kier molecular flexibility index (Phi) is 3.68. The van der Waals surface area contributed by atoms with E-state index >= 15 is 0 Å². The Hall–Kier alpha value is -2.24. The number of carbonyl (C=O) groups excluding carboxylic acids is 2. The minimum absolute atomic E-state index is 0.0833. The second-order valence-electron chi connectivity index (χ2n) is 5.10. The molecule has 1 unspecified atom stereocenters. The summed E-state index contributed by atoms with van der Waals surface area (Å²) < 4.78 is 11.0. The van der Waals surface area contributed by atoms with Crippen LogP contribution in [-0.2, 0) is 9.59 Å². The van der Waals surface area contributed by atoms with Crippen LogP contribution in [0.25, 0.3) is 0 Å². The maximum Gasteiger partial charge on any atom is 0.249 e. The van der Waals surface area contributed by atoms with Crippen molar-refractivity contribution >= 4 is 17.5 Å². The highest BCUT2D eigenvalue weighted by molar-refractivity contribution is 6.01. The fourth-order valence-corrected chi connectivity index (χ4v) is 2.57. The molecule has 3 rings (SSSR count). The van der Waals surface area contributed by atoms with Crippen molar-refractivity contribution in [3.63, 3.8) is 0 Å². The molecule has 0 spiro atoms. The van der Waals surface area contributed by atoms with Crippen molar-refractivity contribution in [1.29, 1.82) is 0 Å². The molecule has 2 aliphatic rings. The molecule has 112 valence electrons. The van der Waals surface area contributed by atoms with Crippen LogP contribution in [0.1, 0.15) is 19.8 Å². The van der Waals surface area contributed by atoms with Gasteiger partial charge in [-0.05, 0) is 18.6 Å². The average molecular weight is 290 g/mol. The zero-order valence-corrected chi connectivity index (χ0v) is 11.9. The van der Waals surface area contributed by atoms with Crippen LogP contribution in [-0.4, -0.2) is 37.6 Å². The molecule has 1 saturated heterocycles. The van der Waals surface area contributed by atoms with E-state index in [0.29, 0.717) is 44.1 Å². The molecule has 1 atom stereocenters. The topological polar surface area (TPSA) is 67.9 Å². The Bertz CT molecular complexity index is 573. The quantitative estimate of drug-likeness (QED) is 0.885. The van der Waals surface area contributed by atoms with Crippen LogP contribution in [0.4, 0.5) is 5.69 Å². The van der Waals surface area contributed by atoms with Gasteiger partial charge in [0.15, 0.2) is 11.5 Å². The van der Waals surface area contributed by atoms with Gasteiger partial charge in [0.05, 0.1) is 0 Å². The van der Waals surface area contributed by atoms with Crippen LogP contribution >= 0.6 is 0 Å². The number of anilines is 1. The number of carbonyl (C=O) groups is 2. The molecule has 1 fully saturated rings. The van der Waals surface area contributed by atoms with Crippen LogP contribution in [0, 0.1) is 0 Å². The van der Waals surface area contributed by atoms with Gasteiger partial charge >= 0.3 is 0 Å². The molecule has 0 aliphatic carbocycles. The van der Waals surface area contributed by atoms with Crippen LogP contribution in [0.3, 0.4) is 0 Å². The van der Waals surface area contributed by atoms with Gasteiger partial charge in [-0.15, -0.1) is 0 Å². The van der Waals surface area contributed by atoms with Gasteiger partial charge in [-0.2, -0.15) is 0 Å². The highest BCUT2D eigenvalue weighted by atomic mass is 16.6. The van der Waals surface area contributed by atoms with E-state index < -0.39 is 6.04 Å². The molecule has 2 aliphatic heterocycles. The molecule has 0 aromatic heterocycles. The first-order valence-corrected chi connectivity index (χ1v) is 7.19. The largest absolute Gasteiger partial charge is 0.486 e. The maximum absolute atomic E-state index is 12.5. The minimum atomic E-state index is -0.465. The van der Waals surface area contributed by atoms with Crippen molar-refractivity contribution in [2.24, 2.45) is 0 Å². The first kappa shape index (κ1) is 13.7. The van der Waals surface area contributed by atoms with E-state index in [9.17, 15) is 9.59 Å². The number of hydrogen-bond acceptors (Lipinski definition) is 4. The zero-order valence-electron chi connectivity index (χ0n) is 11.9. The summed E-state index contributed by atoms with van der Waals surface area (Å²) >= 11 is 0. The van der Waals surface area contributed by atoms with Gasteiger partial charge in [-0.1, -0.05) is 6.92 Å². The third-order valence-electron chi connectivity index (χ3n) is 3.71. The maximum atomic E-state index is 12.5. The van der Waals surface area contributed by atoms with Crippen LogP contribution in [0.5, 0.6) is 11.5 Å². The highest BCUT2D eigenvalue weighted by Gasteiger charge is 2.30. The van der Waals surface area contributed by atoms with Crippen molar-refractivity contribution in [2.75, 3.05) is 24.7 Å². The number of nitrogens with one attached hydrogen (secondary N) is 1. The average Bonchev–Trinajstić information content (AvgIpc) is 2.66. The molecule has 1 N–H and O–H groups in total. The molecule has 1 aromatic carbocycles. The first-order chi connectivity index (χ1) is 10.2. The Balaban J connectivity index is 1.90. The Labute approximate surface area is 123 Å². The standard InChI is InChI=1S/C15H18N2O4/c1-2-11-15(19)17(6-5-14(18)16-11)10-3-4-12-13(9-10)21-8-7-20-12/h3-4,9,11H,2,5-8H2,1H3,(H,16,18). The lowest BCUT2D eigenvalue weighted by atomic mass is 10.1. The first-order valence-electron chi connectivity index (χ1n) is 7.19. The smallest absolute Gasteiger partial charge is 0.249 e. The molecule has 0 saturated carbocycles. The van der Waals surface area contributed by atoms with Crippen LogP contribution in [0.15, 0.2) is 18.2 Å². The van der Waals surface area contributed by atoms with Gasteiger partial charge in [0.1, 0.15) is 19.3 Å². The van der Waals surface area contributed by atoms with E-state index in [-0.39, 0.29) is 11.8 Å². The molecule has 2 amide bonds. The number of benzene rings is 1. The fourth-order valence-electron chi connectivity index (χ4n) is 2.57. The third-order valence-corrected chi connectivity index (χ3v) is 3.71. The van der Waals surface area contributed by atoms with E-state index in [2.05, 4.69) is 5.32 Å². The lowest BCUT2D eigenvalue weighted by Crippen LogP contribution is -2.44.